The summed E-state index contributed by atoms with van der Waals surface area (Å²) in [6.07, 6.45) is 3.58. The molecule has 0 radical (unpaired) electrons. The van der Waals surface area contributed by atoms with Crippen molar-refractivity contribution >= 4 is 11.8 Å². The summed E-state index contributed by atoms with van der Waals surface area (Å²) in [5.41, 5.74) is 1.33. The van der Waals surface area contributed by atoms with Crippen LogP contribution in [0.4, 0.5) is 0 Å². The van der Waals surface area contributed by atoms with Gasteiger partial charge in [-0.2, -0.15) is 0 Å². The van der Waals surface area contributed by atoms with Gasteiger partial charge in [0.25, 0.3) is 0 Å². The first-order chi connectivity index (χ1) is 10.3. The molecule has 0 spiro atoms. The lowest BCUT2D eigenvalue weighted by atomic mass is 10.2. The van der Waals surface area contributed by atoms with Gasteiger partial charge in [0.1, 0.15) is 11.6 Å². The Hall–Kier alpha value is -1.49. The molecule has 0 bridgehead atoms. The van der Waals surface area contributed by atoms with Gasteiger partial charge in [-0.25, -0.2) is 0 Å². The number of thioether (sulfide) groups is 1. The zero-order valence-electron chi connectivity index (χ0n) is 12.6. The normalized spacial score (nSPS) is 14.4. The minimum absolute atomic E-state index is 0.661. The zero-order valence-corrected chi connectivity index (χ0v) is 13.4. The maximum absolute atomic E-state index is 5.18. The van der Waals surface area contributed by atoms with E-state index in [1.807, 2.05) is 12.1 Å². The lowest BCUT2D eigenvalue weighted by Gasteiger charge is -2.06. The Kier molecular flexibility index (Phi) is 4.48. The molecule has 0 saturated heterocycles. The molecule has 0 N–H and O–H groups in total. The fourth-order valence-corrected chi connectivity index (χ4v) is 3.40. The second-order valence-electron chi connectivity index (χ2n) is 5.31. The third-order valence-corrected chi connectivity index (χ3v) is 4.75. The van der Waals surface area contributed by atoms with E-state index in [1.165, 1.54) is 24.2 Å². The van der Waals surface area contributed by atoms with Crippen LogP contribution in [0.5, 0.6) is 5.75 Å². The van der Waals surface area contributed by atoms with Crippen molar-refractivity contribution in [1.29, 1.82) is 0 Å². The number of aryl methyl sites for hydroxylation is 1. The van der Waals surface area contributed by atoms with Crippen molar-refractivity contribution < 1.29 is 4.74 Å². The Morgan fingerprint density at radius 2 is 2.00 bits per heavy atom. The molecule has 1 saturated carbocycles. The van der Waals surface area contributed by atoms with Gasteiger partial charge >= 0.3 is 0 Å². The van der Waals surface area contributed by atoms with Gasteiger partial charge in [-0.1, -0.05) is 23.9 Å². The summed E-state index contributed by atoms with van der Waals surface area (Å²) in [6.45, 7) is 3.13. The zero-order chi connectivity index (χ0) is 14.7. The van der Waals surface area contributed by atoms with Gasteiger partial charge in [-0.15, -0.1) is 10.2 Å². The SMILES string of the molecule is CCn1c(SCCc2ccc(OC)cc2)nnc1C1CC1. The second-order valence-corrected chi connectivity index (χ2v) is 6.37. The van der Waals surface area contributed by atoms with Gasteiger partial charge in [-0.3, -0.25) is 0 Å². The molecule has 112 valence electrons. The fourth-order valence-electron chi connectivity index (χ4n) is 2.40. The number of hydrogen-bond donors (Lipinski definition) is 0. The topological polar surface area (TPSA) is 39.9 Å². The predicted molar refractivity (Wildman–Crippen MR) is 85.1 cm³/mol. The van der Waals surface area contributed by atoms with Gasteiger partial charge < -0.3 is 9.30 Å². The highest BCUT2D eigenvalue weighted by molar-refractivity contribution is 7.99. The summed E-state index contributed by atoms with van der Waals surface area (Å²) in [5, 5.41) is 9.80. The van der Waals surface area contributed by atoms with Gasteiger partial charge in [0, 0.05) is 18.2 Å². The Bertz CT molecular complexity index is 590. The van der Waals surface area contributed by atoms with Crippen LogP contribution < -0.4 is 4.74 Å². The summed E-state index contributed by atoms with van der Waals surface area (Å²) < 4.78 is 7.45. The van der Waals surface area contributed by atoms with Crippen LogP contribution >= 0.6 is 11.8 Å². The molecule has 0 atom stereocenters. The van der Waals surface area contributed by atoms with E-state index in [-0.39, 0.29) is 0 Å². The molecule has 3 rings (SSSR count). The maximum atomic E-state index is 5.18. The van der Waals surface area contributed by atoms with Crippen LogP contribution in [0.1, 0.15) is 37.1 Å². The van der Waals surface area contributed by atoms with Crippen molar-refractivity contribution in [3.05, 3.63) is 35.7 Å². The summed E-state index contributed by atoms with van der Waals surface area (Å²) >= 11 is 1.80. The van der Waals surface area contributed by atoms with Crippen LogP contribution in [0, 0.1) is 0 Å². The number of rotatable bonds is 7. The minimum Gasteiger partial charge on any atom is -0.497 e. The van der Waals surface area contributed by atoms with Gasteiger partial charge in [-0.05, 0) is 43.9 Å². The predicted octanol–water partition coefficient (Wildman–Crippen LogP) is 3.52. The van der Waals surface area contributed by atoms with Gasteiger partial charge in [0.2, 0.25) is 0 Å². The summed E-state index contributed by atoms with van der Waals surface area (Å²) in [6, 6.07) is 8.28. The van der Waals surface area contributed by atoms with Gasteiger partial charge in [0.05, 0.1) is 7.11 Å². The highest BCUT2D eigenvalue weighted by atomic mass is 32.2. The van der Waals surface area contributed by atoms with Crippen molar-refractivity contribution in [3.8, 4) is 5.75 Å². The molecule has 0 amide bonds. The Morgan fingerprint density at radius 1 is 1.24 bits per heavy atom. The van der Waals surface area contributed by atoms with E-state index in [2.05, 4.69) is 33.8 Å². The molecule has 0 aliphatic heterocycles. The average molecular weight is 303 g/mol. The largest absolute Gasteiger partial charge is 0.497 e. The number of ether oxygens (including phenoxy) is 1. The molecule has 1 heterocycles. The highest BCUT2D eigenvalue weighted by Gasteiger charge is 2.29. The monoisotopic (exact) mass is 303 g/mol. The molecule has 21 heavy (non-hydrogen) atoms. The molecule has 1 fully saturated rings. The van der Waals surface area contributed by atoms with E-state index >= 15 is 0 Å². The van der Waals surface area contributed by atoms with Gasteiger partial charge in [0.15, 0.2) is 5.16 Å². The molecular formula is C16H21N3OS. The van der Waals surface area contributed by atoms with E-state index in [9.17, 15) is 0 Å². The van der Waals surface area contributed by atoms with Crippen molar-refractivity contribution in [1.82, 2.24) is 14.8 Å². The van der Waals surface area contributed by atoms with Crippen LogP contribution in [0.15, 0.2) is 29.4 Å². The molecular weight excluding hydrogens is 282 g/mol. The summed E-state index contributed by atoms with van der Waals surface area (Å²) in [5.74, 6) is 3.78. The molecule has 1 aromatic carbocycles. The Morgan fingerprint density at radius 3 is 2.62 bits per heavy atom. The number of methoxy groups -OCH3 is 1. The highest BCUT2D eigenvalue weighted by Crippen LogP contribution is 2.40. The van der Waals surface area contributed by atoms with Crippen LogP contribution in [0.25, 0.3) is 0 Å². The van der Waals surface area contributed by atoms with Crippen molar-refractivity contribution in [2.75, 3.05) is 12.9 Å². The van der Waals surface area contributed by atoms with Crippen LogP contribution in [-0.4, -0.2) is 27.6 Å². The number of nitrogens with zero attached hydrogens (tertiary/aromatic N) is 3. The summed E-state index contributed by atoms with van der Waals surface area (Å²) in [4.78, 5) is 0. The molecule has 1 aliphatic rings. The van der Waals surface area contributed by atoms with Crippen LogP contribution in [-0.2, 0) is 13.0 Å². The molecule has 1 aliphatic carbocycles. The molecule has 5 heteroatoms. The number of hydrogen-bond acceptors (Lipinski definition) is 4. The first-order valence-electron chi connectivity index (χ1n) is 7.50. The molecule has 1 aromatic heterocycles. The van der Waals surface area contributed by atoms with Crippen molar-refractivity contribution in [2.45, 2.75) is 43.8 Å². The quantitative estimate of drug-likeness (QED) is 0.734. The van der Waals surface area contributed by atoms with E-state index < -0.39 is 0 Å². The molecule has 0 unspecified atom stereocenters. The lowest BCUT2D eigenvalue weighted by Crippen LogP contribution is -2.02. The first kappa shape index (κ1) is 14.4. The fraction of sp³-hybridized carbons (Fsp3) is 0.500. The summed E-state index contributed by atoms with van der Waals surface area (Å²) in [7, 11) is 1.69. The van der Waals surface area contributed by atoms with E-state index in [4.69, 9.17) is 4.74 Å². The Labute approximate surface area is 129 Å². The Balaban J connectivity index is 1.57. The molecule has 2 aromatic rings. The van der Waals surface area contributed by atoms with E-state index in [0.717, 1.165) is 29.6 Å². The van der Waals surface area contributed by atoms with Crippen LogP contribution in [0.2, 0.25) is 0 Å². The van der Waals surface area contributed by atoms with E-state index in [0.29, 0.717) is 5.92 Å². The number of aromatic nitrogens is 3. The smallest absolute Gasteiger partial charge is 0.191 e. The average Bonchev–Trinajstić information content (AvgIpc) is 3.29. The first-order valence-corrected chi connectivity index (χ1v) is 8.49. The maximum Gasteiger partial charge on any atom is 0.191 e. The molecule has 4 nitrogen and oxygen atoms in total. The number of benzene rings is 1. The van der Waals surface area contributed by atoms with Crippen molar-refractivity contribution in [2.24, 2.45) is 0 Å². The minimum atomic E-state index is 0.661. The van der Waals surface area contributed by atoms with Crippen molar-refractivity contribution in [3.63, 3.8) is 0 Å². The standard InChI is InChI=1S/C16H21N3OS/c1-3-19-15(13-6-7-13)17-18-16(19)21-11-10-12-4-8-14(20-2)9-5-12/h4-5,8-9,13H,3,6-7,10-11H2,1-2H3. The third kappa shape index (κ3) is 3.40. The third-order valence-electron chi connectivity index (χ3n) is 3.79. The lowest BCUT2D eigenvalue weighted by molar-refractivity contribution is 0.414. The second kappa shape index (κ2) is 6.52. The van der Waals surface area contributed by atoms with E-state index in [1.54, 1.807) is 18.9 Å². The van der Waals surface area contributed by atoms with Crippen LogP contribution in [0.3, 0.4) is 0 Å².